The van der Waals surface area contributed by atoms with Crippen LogP contribution in [0, 0.1) is 39.9 Å². The number of aliphatic hydroxyl groups excluding tert-OH is 1. The predicted octanol–water partition coefficient (Wildman–Crippen LogP) is 4.70. The molecule has 0 radical (unpaired) electrons. The fourth-order valence-corrected chi connectivity index (χ4v) is 7.43. The number of allylic oxidation sites excluding steroid dienone is 4. The van der Waals surface area contributed by atoms with Gasteiger partial charge in [0.2, 0.25) is 0 Å². The normalized spacial score (nSPS) is 47.9. The molecule has 3 saturated carbocycles. The summed E-state index contributed by atoms with van der Waals surface area (Å²) in [5.41, 5.74) is -0.352. The number of carbonyl (C=O) groups is 1. The third kappa shape index (κ3) is 3.01. The van der Waals surface area contributed by atoms with Gasteiger partial charge in [-0.25, -0.2) is 0 Å². The van der Waals surface area contributed by atoms with Gasteiger partial charge in [0.1, 0.15) is 5.60 Å². The molecule has 0 saturated heterocycles. The number of Topliss-reactive ketones (excluding diaryl/α,β-unsaturated/α-hetero) is 1. The summed E-state index contributed by atoms with van der Waals surface area (Å²) in [4.78, 5) is 12.5. The minimum atomic E-state index is -1.34. The molecule has 4 heteroatoms. The van der Waals surface area contributed by atoms with Crippen LogP contribution in [0.4, 0.5) is 0 Å². The molecule has 0 spiro atoms. The second-order valence-electron chi connectivity index (χ2n) is 10.4. The van der Waals surface area contributed by atoms with E-state index in [1.165, 1.54) is 18.9 Å². The number of hydrogen-bond acceptors (Lipinski definition) is 4. The number of rotatable bonds is 1. The zero-order chi connectivity index (χ0) is 21.8. The topological polar surface area (TPSA) is 81.4 Å². The van der Waals surface area contributed by atoms with Crippen LogP contribution in [-0.2, 0) is 4.79 Å². The number of aliphatic hydroxyl groups is 2. The van der Waals surface area contributed by atoms with Gasteiger partial charge in [0.15, 0.2) is 5.78 Å². The van der Waals surface area contributed by atoms with Gasteiger partial charge in [-0.05, 0) is 62.5 Å². The van der Waals surface area contributed by atoms with Crippen LogP contribution in [0.25, 0.3) is 0 Å². The van der Waals surface area contributed by atoms with Crippen LogP contribution >= 0.6 is 0 Å². The Balaban J connectivity index is 0.000000755. The Kier molecular flexibility index (Phi) is 5.77. The molecule has 0 aromatic rings. The molecule has 4 nitrogen and oxygen atoms in total. The lowest BCUT2D eigenvalue weighted by atomic mass is 9.46. The lowest BCUT2D eigenvalue weighted by Crippen LogP contribution is -2.61. The summed E-state index contributed by atoms with van der Waals surface area (Å²) in [6.07, 6.45) is 9.84. The third-order valence-electron chi connectivity index (χ3n) is 8.64. The second kappa shape index (κ2) is 7.46. The summed E-state index contributed by atoms with van der Waals surface area (Å²) in [5, 5.41) is 30.6. The van der Waals surface area contributed by atoms with E-state index in [-0.39, 0.29) is 29.0 Å². The summed E-state index contributed by atoms with van der Waals surface area (Å²) < 4.78 is 0. The highest BCUT2D eigenvalue weighted by molar-refractivity contribution is 6.03. The van der Waals surface area contributed by atoms with E-state index in [9.17, 15) is 15.0 Å². The molecule has 8 atom stereocenters. The average Bonchev–Trinajstić information content (AvgIpc) is 2.84. The minimum absolute atomic E-state index is 0.0826. The fraction of sp³-hybridized carbons (Fsp3) is 0.760. The molecule has 0 amide bonds. The molecule has 3 N–H and O–H groups in total. The van der Waals surface area contributed by atoms with E-state index in [2.05, 4.69) is 26.8 Å². The van der Waals surface area contributed by atoms with Crippen molar-refractivity contribution in [3.8, 4) is 0 Å². The van der Waals surface area contributed by atoms with Crippen molar-refractivity contribution in [2.75, 3.05) is 0 Å². The van der Waals surface area contributed by atoms with Crippen molar-refractivity contribution in [3.63, 3.8) is 0 Å². The Morgan fingerprint density at radius 3 is 2.52 bits per heavy atom. The first-order valence-electron chi connectivity index (χ1n) is 11.4. The van der Waals surface area contributed by atoms with Crippen molar-refractivity contribution in [2.24, 2.45) is 34.5 Å². The Hall–Kier alpha value is -1.26. The van der Waals surface area contributed by atoms with Crippen molar-refractivity contribution < 1.29 is 15.0 Å². The van der Waals surface area contributed by atoms with Gasteiger partial charge < -0.3 is 15.6 Å². The van der Waals surface area contributed by atoms with Gasteiger partial charge in [-0.15, -0.1) is 0 Å². The zero-order valence-corrected chi connectivity index (χ0v) is 19.0. The molecule has 4 aliphatic rings. The summed E-state index contributed by atoms with van der Waals surface area (Å²) >= 11 is 0. The van der Waals surface area contributed by atoms with Gasteiger partial charge in [0, 0.05) is 16.7 Å². The largest absolute Gasteiger partial charge is 0.393 e. The Morgan fingerprint density at radius 1 is 1.31 bits per heavy atom. The van der Waals surface area contributed by atoms with Crippen LogP contribution in [0.5, 0.6) is 0 Å². The van der Waals surface area contributed by atoms with Crippen LogP contribution in [-0.4, -0.2) is 33.4 Å². The maximum absolute atomic E-state index is 12.5. The summed E-state index contributed by atoms with van der Waals surface area (Å²) in [5.74, 6) is 0.382. The smallest absolute Gasteiger partial charge is 0.162 e. The van der Waals surface area contributed by atoms with Gasteiger partial charge in [-0.1, -0.05) is 52.7 Å². The predicted molar refractivity (Wildman–Crippen MR) is 117 cm³/mol. The Labute approximate surface area is 176 Å². The van der Waals surface area contributed by atoms with Gasteiger partial charge in [-0.2, -0.15) is 0 Å². The molecular weight excluding hydrogens is 362 g/mol. The van der Waals surface area contributed by atoms with E-state index < -0.39 is 17.1 Å². The van der Waals surface area contributed by atoms with Crippen LogP contribution in [0.3, 0.4) is 0 Å². The standard InChI is InChI=1S/C22H31NO3.C3H8/c1-12-9-17-16-6-5-14-10-15(23)7-8-20(14,3)19(16)18(25)11-21(17,4)22(12,26)13(2)24;1-3-2/h7-8,10,12,16-19,23,25-26H,5-6,9,11H2,1-4H3;3H2,1-2H3/t12?,16?,17?,18?,19?,20?,21?,22-;/m0./s1. The first kappa shape index (κ1) is 22.4. The number of hydrogen-bond donors (Lipinski definition) is 3. The number of nitrogens with one attached hydrogen (secondary N) is 1. The molecule has 0 aliphatic heterocycles. The Bertz CT molecular complexity index is 755. The first-order chi connectivity index (χ1) is 13.5. The maximum Gasteiger partial charge on any atom is 0.162 e. The van der Waals surface area contributed by atoms with E-state index in [1.54, 1.807) is 0 Å². The second-order valence-corrected chi connectivity index (χ2v) is 10.4. The number of fused-ring (bicyclic) bond motifs is 5. The molecular formula is C25H39NO3. The van der Waals surface area contributed by atoms with E-state index in [0.29, 0.717) is 18.1 Å². The fourth-order valence-electron chi connectivity index (χ4n) is 7.43. The van der Waals surface area contributed by atoms with E-state index in [4.69, 9.17) is 5.41 Å². The lowest BCUT2D eigenvalue weighted by Gasteiger charge is -2.59. The summed E-state index contributed by atoms with van der Waals surface area (Å²) in [6.45, 7) is 12.0. The van der Waals surface area contributed by atoms with Crippen LogP contribution in [0.15, 0.2) is 23.8 Å². The molecule has 162 valence electrons. The van der Waals surface area contributed by atoms with Gasteiger partial charge in [-0.3, -0.25) is 4.79 Å². The van der Waals surface area contributed by atoms with Crippen molar-refractivity contribution in [3.05, 3.63) is 23.8 Å². The van der Waals surface area contributed by atoms with Crippen LogP contribution < -0.4 is 0 Å². The van der Waals surface area contributed by atoms with Crippen LogP contribution in [0.2, 0.25) is 0 Å². The first-order valence-corrected chi connectivity index (χ1v) is 11.4. The highest BCUT2D eigenvalue weighted by atomic mass is 16.3. The molecule has 0 heterocycles. The Morgan fingerprint density at radius 2 is 1.93 bits per heavy atom. The number of ketones is 1. The number of carbonyl (C=O) groups excluding carboxylic acids is 1. The molecule has 0 bridgehead atoms. The SMILES string of the molecule is CC(=O)[C@@]1(O)C(C)CC2C3CCC4=CC(=N)C=CC4(C)C3C(O)CC21C.CCC. The monoisotopic (exact) mass is 401 g/mol. The minimum Gasteiger partial charge on any atom is -0.393 e. The quantitative estimate of drug-likeness (QED) is 0.596. The lowest BCUT2D eigenvalue weighted by molar-refractivity contribution is -0.180. The molecule has 4 rings (SSSR count). The zero-order valence-electron chi connectivity index (χ0n) is 19.0. The van der Waals surface area contributed by atoms with E-state index in [1.807, 2.05) is 26.0 Å². The molecule has 4 aliphatic carbocycles. The third-order valence-corrected chi connectivity index (χ3v) is 8.64. The molecule has 7 unspecified atom stereocenters. The van der Waals surface area contributed by atoms with Crippen molar-refractivity contribution in [1.29, 1.82) is 5.41 Å². The van der Waals surface area contributed by atoms with Crippen molar-refractivity contribution >= 4 is 11.5 Å². The molecule has 29 heavy (non-hydrogen) atoms. The summed E-state index contributed by atoms with van der Waals surface area (Å²) in [7, 11) is 0. The van der Waals surface area contributed by atoms with Gasteiger partial charge in [0.25, 0.3) is 0 Å². The molecule has 3 fully saturated rings. The van der Waals surface area contributed by atoms with E-state index >= 15 is 0 Å². The average molecular weight is 402 g/mol. The van der Waals surface area contributed by atoms with Gasteiger partial charge >= 0.3 is 0 Å². The van der Waals surface area contributed by atoms with Crippen LogP contribution in [0.1, 0.15) is 73.6 Å². The molecule has 0 aromatic heterocycles. The van der Waals surface area contributed by atoms with Crippen molar-refractivity contribution in [1.82, 2.24) is 0 Å². The van der Waals surface area contributed by atoms with E-state index in [0.717, 1.165) is 19.3 Å². The molecule has 0 aromatic carbocycles. The maximum atomic E-state index is 12.5. The van der Waals surface area contributed by atoms with Gasteiger partial charge in [0.05, 0.1) is 11.8 Å². The highest BCUT2D eigenvalue weighted by Gasteiger charge is 2.69. The van der Waals surface area contributed by atoms with Crippen molar-refractivity contribution in [2.45, 2.75) is 85.4 Å². The summed E-state index contributed by atoms with van der Waals surface area (Å²) in [6, 6.07) is 0. The highest BCUT2D eigenvalue weighted by Crippen LogP contribution is 2.68.